The number of fused-ring (bicyclic) bond motifs is 2. The fourth-order valence-corrected chi connectivity index (χ4v) is 5.17. The lowest BCUT2D eigenvalue weighted by Crippen LogP contribution is -2.11. The number of carbonyl (C=O) groups is 1. The number of benzene rings is 3. The molecule has 1 atom stereocenters. The number of aryl methyl sites for hydroxylation is 3. The molecule has 0 aromatic heterocycles. The van der Waals surface area contributed by atoms with Gasteiger partial charge >= 0.3 is 5.97 Å². The number of aliphatic carboxylic acids is 1. The van der Waals surface area contributed by atoms with E-state index in [4.69, 9.17) is 9.84 Å². The van der Waals surface area contributed by atoms with Crippen molar-refractivity contribution >= 4 is 5.97 Å². The number of hydrogen-bond acceptors (Lipinski definition) is 3. The lowest BCUT2D eigenvalue weighted by Gasteiger charge is -2.26. The smallest absolute Gasteiger partial charge is 0.304 e. The van der Waals surface area contributed by atoms with Crippen LogP contribution in [0.15, 0.2) is 48.5 Å². The van der Waals surface area contributed by atoms with Crippen molar-refractivity contribution in [1.29, 1.82) is 0 Å². The Kier molecular flexibility index (Phi) is 5.38. The van der Waals surface area contributed by atoms with E-state index >= 15 is 0 Å². The minimum Gasteiger partial charge on any atom is -0.508 e. The average molecular weight is 429 g/mol. The largest absolute Gasteiger partial charge is 0.508 e. The molecule has 1 aliphatic carbocycles. The van der Waals surface area contributed by atoms with E-state index < -0.39 is 5.97 Å². The third-order valence-electron chi connectivity index (χ3n) is 6.87. The van der Waals surface area contributed by atoms with E-state index in [1.54, 1.807) is 0 Å². The number of carboxylic acids is 1. The summed E-state index contributed by atoms with van der Waals surface area (Å²) in [6.45, 7) is 2.54. The second-order valence-electron chi connectivity index (χ2n) is 9.08. The molecule has 0 saturated carbocycles. The first-order chi connectivity index (χ1) is 15.5. The summed E-state index contributed by atoms with van der Waals surface area (Å²) in [6.07, 6.45) is 5.11. The Bertz CT molecular complexity index is 1190. The van der Waals surface area contributed by atoms with Gasteiger partial charge in [-0.2, -0.15) is 0 Å². The van der Waals surface area contributed by atoms with Gasteiger partial charge in [-0.15, -0.1) is 0 Å². The molecule has 0 saturated heterocycles. The highest BCUT2D eigenvalue weighted by Crippen LogP contribution is 2.41. The predicted octanol–water partition coefficient (Wildman–Crippen LogP) is 5.59. The van der Waals surface area contributed by atoms with E-state index in [0.717, 1.165) is 54.5 Å². The summed E-state index contributed by atoms with van der Waals surface area (Å²) in [5.74, 6) is 0.460. The molecule has 5 rings (SSSR count). The molecule has 1 aliphatic heterocycles. The van der Waals surface area contributed by atoms with Crippen molar-refractivity contribution in [1.82, 2.24) is 0 Å². The molecule has 2 N–H and O–H groups in total. The number of ether oxygens (including phenoxy) is 1. The summed E-state index contributed by atoms with van der Waals surface area (Å²) in [7, 11) is 0. The lowest BCUT2D eigenvalue weighted by atomic mass is 9.79. The molecule has 0 amide bonds. The summed E-state index contributed by atoms with van der Waals surface area (Å²) in [6, 6.07) is 16.9. The zero-order chi connectivity index (χ0) is 22.2. The van der Waals surface area contributed by atoms with Crippen LogP contribution in [-0.2, 0) is 30.5 Å². The quantitative estimate of drug-likeness (QED) is 0.515. The monoisotopic (exact) mass is 428 g/mol. The Balaban J connectivity index is 1.26. The molecular weight excluding hydrogens is 400 g/mol. The van der Waals surface area contributed by atoms with Crippen LogP contribution in [0.5, 0.6) is 11.5 Å². The fraction of sp³-hybridized carbons (Fsp3) is 0.321. The van der Waals surface area contributed by atoms with Gasteiger partial charge in [0.05, 0.1) is 13.0 Å². The van der Waals surface area contributed by atoms with E-state index in [-0.39, 0.29) is 12.3 Å². The Labute approximate surface area is 188 Å². The van der Waals surface area contributed by atoms with Crippen molar-refractivity contribution in [2.24, 2.45) is 0 Å². The predicted molar refractivity (Wildman–Crippen MR) is 125 cm³/mol. The van der Waals surface area contributed by atoms with Gasteiger partial charge in [-0.3, -0.25) is 4.79 Å². The van der Waals surface area contributed by atoms with Crippen LogP contribution in [0.25, 0.3) is 11.1 Å². The second-order valence-corrected chi connectivity index (χ2v) is 9.08. The first kappa shape index (κ1) is 20.6. The van der Waals surface area contributed by atoms with Crippen LogP contribution in [0.1, 0.15) is 52.1 Å². The molecule has 0 bridgehead atoms. The van der Waals surface area contributed by atoms with Crippen molar-refractivity contribution in [2.45, 2.75) is 51.4 Å². The molecule has 4 heteroatoms. The topological polar surface area (TPSA) is 66.8 Å². The molecule has 4 nitrogen and oxygen atoms in total. The van der Waals surface area contributed by atoms with Crippen LogP contribution in [0.2, 0.25) is 0 Å². The SMILES string of the molecule is Cc1cc(O)c2c(c1-c1cccc(CCCc3ccc4c(c3)OC[C@H]4CC(=O)O)c1)CC2. The minimum absolute atomic E-state index is 0.0418. The average Bonchev–Trinajstić information content (AvgIpc) is 3.11. The van der Waals surface area contributed by atoms with Crippen molar-refractivity contribution in [3.8, 4) is 22.6 Å². The van der Waals surface area contributed by atoms with Gasteiger partial charge in [-0.05, 0) is 90.1 Å². The van der Waals surface area contributed by atoms with Crippen LogP contribution >= 0.6 is 0 Å². The summed E-state index contributed by atoms with van der Waals surface area (Å²) >= 11 is 0. The second kappa shape index (κ2) is 8.34. The number of phenols is 1. The van der Waals surface area contributed by atoms with Crippen molar-refractivity contribution < 1.29 is 19.7 Å². The summed E-state index contributed by atoms with van der Waals surface area (Å²) in [5, 5.41) is 19.2. The molecular formula is C28H28O4. The van der Waals surface area contributed by atoms with Gasteiger partial charge in [0.1, 0.15) is 11.5 Å². The highest BCUT2D eigenvalue weighted by molar-refractivity contribution is 5.76. The third kappa shape index (κ3) is 3.86. The zero-order valence-electron chi connectivity index (χ0n) is 18.4. The summed E-state index contributed by atoms with van der Waals surface area (Å²) in [5.41, 5.74) is 9.65. The molecule has 3 aromatic carbocycles. The van der Waals surface area contributed by atoms with E-state index in [0.29, 0.717) is 12.4 Å². The summed E-state index contributed by atoms with van der Waals surface area (Å²) in [4.78, 5) is 11.0. The van der Waals surface area contributed by atoms with Crippen LogP contribution in [-0.4, -0.2) is 22.8 Å². The molecule has 0 unspecified atom stereocenters. The van der Waals surface area contributed by atoms with Gasteiger partial charge in [-0.1, -0.05) is 36.4 Å². The molecule has 0 fully saturated rings. The maximum atomic E-state index is 11.0. The molecule has 0 spiro atoms. The van der Waals surface area contributed by atoms with Crippen LogP contribution in [0, 0.1) is 6.92 Å². The van der Waals surface area contributed by atoms with Gasteiger partial charge in [0.2, 0.25) is 0 Å². The van der Waals surface area contributed by atoms with E-state index in [1.807, 2.05) is 12.1 Å². The van der Waals surface area contributed by atoms with Gasteiger partial charge in [-0.25, -0.2) is 0 Å². The zero-order valence-corrected chi connectivity index (χ0v) is 18.4. The fourth-order valence-electron chi connectivity index (χ4n) is 5.17. The maximum Gasteiger partial charge on any atom is 0.304 e. The Hall–Kier alpha value is -3.27. The molecule has 1 heterocycles. The third-order valence-corrected chi connectivity index (χ3v) is 6.87. The first-order valence-corrected chi connectivity index (χ1v) is 11.4. The Morgan fingerprint density at radius 3 is 2.56 bits per heavy atom. The van der Waals surface area contributed by atoms with Crippen molar-refractivity contribution in [3.05, 3.63) is 81.9 Å². The van der Waals surface area contributed by atoms with Crippen molar-refractivity contribution in [3.63, 3.8) is 0 Å². The van der Waals surface area contributed by atoms with E-state index in [9.17, 15) is 9.90 Å². The summed E-state index contributed by atoms with van der Waals surface area (Å²) < 4.78 is 5.75. The Morgan fingerprint density at radius 2 is 1.81 bits per heavy atom. The normalized spacial score (nSPS) is 16.1. The lowest BCUT2D eigenvalue weighted by molar-refractivity contribution is -0.137. The van der Waals surface area contributed by atoms with E-state index in [2.05, 4.69) is 43.3 Å². The number of hydrogen-bond donors (Lipinski definition) is 2. The number of rotatable bonds is 7. The van der Waals surface area contributed by atoms with Crippen LogP contribution in [0.4, 0.5) is 0 Å². The highest BCUT2D eigenvalue weighted by atomic mass is 16.5. The molecule has 0 radical (unpaired) electrons. The van der Waals surface area contributed by atoms with Crippen LogP contribution in [0.3, 0.4) is 0 Å². The number of phenolic OH excluding ortho intramolecular Hbond substituents is 1. The minimum atomic E-state index is -0.783. The number of carboxylic acid groups (broad SMARTS) is 1. The van der Waals surface area contributed by atoms with Crippen LogP contribution < -0.4 is 4.74 Å². The standard InChI is InChI=1S/C28H28O4/c1-17-12-25(29)23-10-11-24(23)28(17)20-7-3-6-18(13-20)4-2-5-19-8-9-22-21(15-27(30)31)16-32-26(22)14-19/h3,6-9,12-14,21,29H,2,4-5,10-11,15-16H2,1H3,(H,30,31)/t21-/m1/s1. The molecule has 164 valence electrons. The molecule has 32 heavy (non-hydrogen) atoms. The highest BCUT2D eigenvalue weighted by Gasteiger charge is 2.26. The van der Waals surface area contributed by atoms with E-state index in [1.165, 1.54) is 27.8 Å². The molecule has 3 aromatic rings. The maximum absolute atomic E-state index is 11.0. The van der Waals surface area contributed by atoms with Crippen molar-refractivity contribution in [2.75, 3.05) is 6.61 Å². The van der Waals surface area contributed by atoms with Gasteiger partial charge < -0.3 is 14.9 Å². The first-order valence-electron chi connectivity index (χ1n) is 11.4. The van der Waals surface area contributed by atoms with Gasteiger partial charge in [0.25, 0.3) is 0 Å². The van der Waals surface area contributed by atoms with Gasteiger partial charge in [0.15, 0.2) is 0 Å². The van der Waals surface area contributed by atoms with Gasteiger partial charge in [0, 0.05) is 11.5 Å². The molecule has 2 aliphatic rings. The Morgan fingerprint density at radius 1 is 1.03 bits per heavy atom. The number of aromatic hydroxyl groups is 1.